The van der Waals surface area contributed by atoms with E-state index in [-0.39, 0.29) is 5.83 Å². The lowest BCUT2D eigenvalue weighted by atomic mass is 10.0. The van der Waals surface area contributed by atoms with Crippen LogP contribution >= 0.6 is 0 Å². The molecular weight excluding hydrogens is 339 g/mol. The third kappa shape index (κ3) is 4.53. The fraction of sp³-hybridized carbons (Fsp3) is 0.174. The van der Waals surface area contributed by atoms with Crippen molar-refractivity contribution < 1.29 is 9.18 Å². The number of carbonyl (C=O) groups is 1. The van der Waals surface area contributed by atoms with Crippen LogP contribution in [0.4, 0.5) is 4.39 Å². The highest BCUT2D eigenvalue weighted by Crippen LogP contribution is 2.27. The van der Waals surface area contributed by atoms with E-state index in [2.05, 4.69) is 16.4 Å². The number of rotatable bonds is 7. The Kier molecular flexibility index (Phi) is 5.87. The van der Waals surface area contributed by atoms with Crippen molar-refractivity contribution in [3.05, 3.63) is 82.5 Å². The molecule has 3 aromatic rings. The van der Waals surface area contributed by atoms with E-state index in [1.54, 1.807) is 12.1 Å². The van der Waals surface area contributed by atoms with Crippen molar-refractivity contribution in [3.8, 4) is 11.3 Å². The van der Waals surface area contributed by atoms with Crippen LogP contribution in [0.2, 0.25) is 0 Å². The van der Waals surface area contributed by atoms with Crippen LogP contribution in [-0.2, 0) is 11.2 Å². The van der Waals surface area contributed by atoms with E-state index < -0.39 is 0 Å². The van der Waals surface area contributed by atoms with E-state index in [4.69, 9.17) is 0 Å². The Hall–Kier alpha value is -3.14. The third-order valence-electron chi connectivity index (χ3n) is 4.65. The van der Waals surface area contributed by atoms with Crippen molar-refractivity contribution in [2.45, 2.75) is 20.3 Å². The quantitative estimate of drug-likeness (QED) is 0.345. The van der Waals surface area contributed by atoms with Gasteiger partial charge in [0.05, 0.1) is 0 Å². The molecule has 3 nitrogen and oxygen atoms in total. The van der Waals surface area contributed by atoms with Crippen LogP contribution in [-0.4, -0.2) is 17.9 Å². The van der Waals surface area contributed by atoms with E-state index in [1.165, 1.54) is 0 Å². The van der Waals surface area contributed by atoms with E-state index in [0.717, 1.165) is 40.1 Å². The summed E-state index contributed by atoms with van der Waals surface area (Å²) in [5.74, 6) is -0.259. The van der Waals surface area contributed by atoms with Crippen LogP contribution in [0.5, 0.6) is 0 Å². The minimum absolute atomic E-state index is 0.259. The van der Waals surface area contributed by atoms with Gasteiger partial charge in [-0.15, -0.1) is 0 Å². The van der Waals surface area contributed by atoms with Crippen LogP contribution in [0.25, 0.3) is 23.2 Å². The maximum Gasteiger partial charge on any atom is 0.207 e. The van der Waals surface area contributed by atoms with Crippen molar-refractivity contribution >= 4 is 18.3 Å². The van der Waals surface area contributed by atoms with E-state index in [0.29, 0.717) is 18.5 Å². The standard InChI is InChI=1S/C23H23FN2O/c1-16-6-3-4-7-18(16)14-21(24)19-8-5-9-20(13-19)23-12-17(2)22(26-23)10-11-25-15-27/h3-9,12-15,26H,10-11H2,1-2H3,(H,25,27)/b21-14+. The summed E-state index contributed by atoms with van der Waals surface area (Å²) in [6.07, 6.45) is 3.00. The maximum atomic E-state index is 14.8. The zero-order chi connectivity index (χ0) is 19.2. The molecule has 0 saturated carbocycles. The fourth-order valence-electron chi connectivity index (χ4n) is 3.08. The van der Waals surface area contributed by atoms with Gasteiger partial charge in [-0.2, -0.15) is 0 Å². The molecule has 2 N–H and O–H groups in total. The van der Waals surface area contributed by atoms with E-state index in [1.807, 2.05) is 56.3 Å². The van der Waals surface area contributed by atoms with Crippen molar-refractivity contribution in [2.24, 2.45) is 0 Å². The molecule has 1 aromatic heterocycles. The fourth-order valence-corrected chi connectivity index (χ4v) is 3.08. The number of hydrogen-bond acceptors (Lipinski definition) is 1. The molecule has 1 heterocycles. The van der Waals surface area contributed by atoms with E-state index in [9.17, 15) is 9.18 Å². The molecule has 0 unspecified atom stereocenters. The van der Waals surface area contributed by atoms with Gasteiger partial charge < -0.3 is 10.3 Å². The molecule has 0 atom stereocenters. The second-order valence-corrected chi connectivity index (χ2v) is 6.60. The Morgan fingerprint density at radius 3 is 2.67 bits per heavy atom. The topological polar surface area (TPSA) is 44.9 Å². The van der Waals surface area contributed by atoms with Crippen LogP contribution < -0.4 is 5.32 Å². The molecular formula is C23H23FN2O. The number of H-pyrrole nitrogens is 1. The zero-order valence-electron chi connectivity index (χ0n) is 15.6. The van der Waals surface area contributed by atoms with Gasteiger partial charge >= 0.3 is 0 Å². The molecule has 27 heavy (non-hydrogen) atoms. The lowest BCUT2D eigenvalue weighted by Crippen LogP contribution is -2.14. The van der Waals surface area contributed by atoms with E-state index >= 15 is 0 Å². The zero-order valence-corrected chi connectivity index (χ0v) is 15.6. The number of halogens is 1. The average Bonchev–Trinajstić information content (AvgIpc) is 3.05. The monoisotopic (exact) mass is 362 g/mol. The summed E-state index contributed by atoms with van der Waals surface area (Å²) < 4.78 is 14.8. The van der Waals surface area contributed by atoms with Gasteiger partial charge in [0, 0.05) is 29.9 Å². The van der Waals surface area contributed by atoms with Gasteiger partial charge in [0.2, 0.25) is 6.41 Å². The van der Waals surface area contributed by atoms with Gasteiger partial charge in [-0.1, -0.05) is 42.5 Å². The van der Waals surface area contributed by atoms with Crippen LogP contribution in [0.1, 0.15) is 27.9 Å². The first-order chi connectivity index (χ1) is 13.1. The molecule has 1 amide bonds. The molecule has 0 spiro atoms. The minimum atomic E-state index is -0.259. The molecule has 0 aliphatic carbocycles. The Bertz CT molecular complexity index is 972. The molecule has 4 heteroatoms. The van der Waals surface area contributed by atoms with Gasteiger partial charge in [-0.25, -0.2) is 4.39 Å². The summed E-state index contributed by atoms with van der Waals surface area (Å²) in [5, 5.41) is 2.67. The highest BCUT2D eigenvalue weighted by atomic mass is 19.1. The number of carbonyl (C=O) groups excluding carboxylic acids is 1. The Morgan fingerprint density at radius 1 is 1.07 bits per heavy atom. The third-order valence-corrected chi connectivity index (χ3v) is 4.65. The summed E-state index contributed by atoms with van der Waals surface area (Å²) in [7, 11) is 0. The summed E-state index contributed by atoms with van der Waals surface area (Å²) in [6, 6.07) is 17.2. The number of aryl methyl sites for hydroxylation is 2. The predicted molar refractivity (Wildman–Crippen MR) is 109 cm³/mol. The molecule has 0 bridgehead atoms. The highest BCUT2D eigenvalue weighted by Gasteiger charge is 2.09. The Balaban J connectivity index is 1.86. The molecule has 0 aliphatic rings. The van der Waals surface area contributed by atoms with Gasteiger partial charge in [-0.05, 0) is 54.3 Å². The molecule has 0 radical (unpaired) electrons. The summed E-state index contributed by atoms with van der Waals surface area (Å²) in [6.45, 7) is 4.58. The average molecular weight is 362 g/mol. The number of benzene rings is 2. The molecule has 0 fully saturated rings. The lowest BCUT2D eigenvalue weighted by Gasteiger charge is -2.04. The number of nitrogens with one attached hydrogen (secondary N) is 2. The summed E-state index contributed by atoms with van der Waals surface area (Å²) in [5.41, 5.74) is 6.53. The molecule has 2 aromatic carbocycles. The Labute approximate surface area is 158 Å². The molecule has 138 valence electrons. The van der Waals surface area contributed by atoms with Crippen LogP contribution in [0.15, 0.2) is 54.6 Å². The Morgan fingerprint density at radius 2 is 1.89 bits per heavy atom. The lowest BCUT2D eigenvalue weighted by molar-refractivity contribution is -0.109. The van der Waals surface area contributed by atoms with Crippen molar-refractivity contribution in [2.75, 3.05) is 6.54 Å². The number of aromatic amines is 1. The number of aromatic nitrogens is 1. The predicted octanol–water partition coefficient (Wildman–Crippen LogP) is 5.05. The highest BCUT2D eigenvalue weighted by molar-refractivity contribution is 5.79. The molecule has 0 aliphatic heterocycles. The maximum absolute atomic E-state index is 14.8. The van der Waals surface area contributed by atoms with Gasteiger partial charge in [0.1, 0.15) is 5.83 Å². The largest absolute Gasteiger partial charge is 0.358 e. The smallest absolute Gasteiger partial charge is 0.207 e. The van der Waals surface area contributed by atoms with Crippen LogP contribution in [0, 0.1) is 13.8 Å². The number of hydrogen-bond donors (Lipinski definition) is 2. The normalized spacial score (nSPS) is 11.4. The van der Waals surface area contributed by atoms with Crippen LogP contribution in [0.3, 0.4) is 0 Å². The van der Waals surface area contributed by atoms with Gasteiger partial charge in [0.25, 0.3) is 0 Å². The SMILES string of the molecule is Cc1ccccc1/C=C(/F)c1cccc(-c2cc(C)c(CCNC=O)[nH]2)c1. The van der Waals surface area contributed by atoms with Gasteiger partial charge in [-0.3, -0.25) is 4.79 Å². The first kappa shape index (κ1) is 18.6. The summed E-state index contributed by atoms with van der Waals surface area (Å²) >= 11 is 0. The van der Waals surface area contributed by atoms with Gasteiger partial charge in [0.15, 0.2) is 0 Å². The van der Waals surface area contributed by atoms with Crippen molar-refractivity contribution in [3.63, 3.8) is 0 Å². The van der Waals surface area contributed by atoms with Crippen molar-refractivity contribution in [1.29, 1.82) is 0 Å². The second kappa shape index (κ2) is 8.49. The first-order valence-corrected chi connectivity index (χ1v) is 8.97. The molecule has 3 rings (SSSR count). The minimum Gasteiger partial charge on any atom is -0.358 e. The van der Waals surface area contributed by atoms with Crippen molar-refractivity contribution in [1.82, 2.24) is 10.3 Å². The number of amides is 1. The molecule has 0 saturated heterocycles. The first-order valence-electron chi connectivity index (χ1n) is 8.97. The second-order valence-electron chi connectivity index (χ2n) is 6.60. The summed E-state index contributed by atoms with van der Waals surface area (Å²) in [4.78, 5) is 13.8.